The highest BCUT2D eigenvalue weighted by Gasteiger charge is 2.22. The van der Waals surface area contributed by atoms with E-state index in [1.54, 1.807) is 0 Å². The SMILES string of the molecule is C[C@@H]1CCCC[C@H]1NC(=S)/N=C1/CCN(c2ccccc2)N1. The summed E-state index contributed by atoms with van der Waals surface area (Å²) in [5, 5.41) is 6.17. The summed E-state index contributed by atoms with van der Waals surface area (Å²) in [6.45, 7) is 3.23. The third-order valence-corrected chi connectivity index (χ3v) is 4.77. The number of nitrogens with zero attached hydrogens (tertiary/aromatic N) is 2. The number of thiocarbonyl (C=S) groups is 1. The van der Waals surface area contributed by atoms with Crippen molar-refractivity contribution in [3.63, 3.8) is 0 Å². The third kappa shape index (κ3) is 3.77. The number of hydrogen-bond donors (Lipinski definition) is 2. The van der Waals surface area contributed by atoms with Crippen LogP contribution in [0.25, 0.3) is 0 Å². The summed E-state index contributed by atoms with van der Waals surface area (Å²) in [4.78, 5) is 4.56. The largest absolute Gasteiger partial charge is 0.358 e. The van der Waals surface area contributed by atoms with Crippen molar-refractivity contribution in [3.05, 3.63) is 30.3 Å². The summed E-state index contributed by atoms with van der Waals surface area (Å²) in [7, 11) is 0. The van der Waals surface area contributed by atoms with E-state index in [1.165, 1.54) is 25.7 Å². The van der Waals surface area contributed by atoms with Crippen molar-refractivity contribution in [2.75, 3.05) is 11.6 Å². The van der Waals surface area contributed by atoms with Crippen molar-refractivity contribution >= 4 is 28.9 Å². The number of aliphatic imine (C=N–C) groups is 1. The van der Waals surface area contributed by atoms with Crippen molar-refractivity contribution in [1.82, 2.24) is 10.7 Å². The van der Waals surface area contributed by atoms with Crippen LogP contribution in [0.3, 0.4) is 0 Å². The van der Waals surface area contributed by atoms with E-state index in [0.29, 0.717) is 17.1 Å². The molecule has 0 unspecified atom stereocenters. The molecular weight excluding hydrogens is 292 g/mol. The van der Waals surface area contributed by atoms with Crippen LogP contribution in [0.4, 0.5) is 5.69 Å². The van der Waals surface area contributed by atoms with Crippen molar-refractivity contribution in [3.8, 4) is 0 Å². The van der Waals surface area contributed by atoms with Gasteiger partial charge in [0.2, 0.25) is 0 Å². The molecule has 0 aromatic heterocycles. The second-order valence-electron chi connectivity index (χ2n) is 6.23. The molecule has 2 N–H and O–H groups in total. The van der Waals surface area contributed by atoms with E-state index < -0.39 is 0 Å². The molecule has 2 fully saturated rings. The van der Waals surface area contributed by atoms with Gasteiger partial charge in [-0.15, -0.1) is 0 Å². The Bertz CT molecular complexity index is 543. The molecule has 2 aliphatic rings. The summed E-state index contributed by atoms with van der Waals surface area (Å²) in [6, 6.07) is 10.8. The van der Waals surface area contributed by atoms with Gasteiger partial charge in [-0.3, -0.25) is 10.4 Å². The minimum atomic E-state index is 0.484. The fraction of sp³-hybridized carbons (Fsp3) is 0.529. The molecule has 0 radical (unpaired) electrons. The van der Waals surface area contributed by atoms with Crippen LogP contribution in [-0.2, 0) is 0 Å². The van der Waals surface area contributed by atoms with Gasteiger partial charge in [-0.1, -0.05) is 38.0 Å². The van der Waals surface area contributed by atoms with E-state index in [4.69, 9.17) is 12.2 Å². The van der Waals surface area contributed by atoms with Crippen molar-refractivity contribution in [2.24, 2.45) is 10.9 Å². The Morgan fingerprint density at radius 3 is 2.82 bits per heavy atom. The number of hydrogen-bond acceptors (Lipinski definition) is 2. The molecule has 1 heterocycles. The van der Waals surface area contributed by atoms with Crippen molar-refractivity contribution in [2.45, 2.75) is 45.1 Å². The molecule has 1 aromatic carbocycles. The monoisotopic (exact) mass is 316 g/mol. The summed E-state index contributed by atoms with van der Waals surface area (Å²) in [5.74, 6) is 1.63. The molecule has 22 heavy (non-hydrogen) atoms. The van der Waals surface area contributed by atoms with Crippen molar-refractivity contribution < 1.29 is 0 Å². The molecule has 1 aromatic rings. The van der Waals surface area contributed by atoms with E-state index in [2.05, 4.69) is 39.8 Å². The molecule has 2 atom stereocenters. The number of anilines is 1. The first-order valence-corrected chi connectivity index (χ1v) is 8.60. The quantitative estimate of drug-likeness (QED) is 0.822. The zero-order chi connectivity index (χ0) is 15.4. The third-order valence-electron chi connectivity index (χ3n) is 4.56. The fourth-order valence-corrected chi connectivity index (χ4v) is 3.47. The van der Waals surface area contributed by atoms with E-state index >= 15 is 0 Å². The van der Waals surface area contributed by atoms with Crippen LogP contribution < -0.4 is 15.8 Å². The molecule has 4 nitrogen and oxygen atoms in total. The molecule has 1 saturated heterocycles. The number of benzene rings is 1. The Hall–Kier alpha value is -1.62. The smallest absolute Gasteiger partial charge is 0.194 e. The number of para-hydroxylation sites is 1. The summed E-state index contributed by atoms with van der Waals surface area (Å²) in [6.07, 6.45) is 6.03. The summed E-state index contributed by atoms with van der Waals surface area (Å²) < 4.78 is 0. The van der Waals surface area contributed by atoms with Crippen LogP contribution in [-0.4, -0.2) is 23.5 Å². The van der Waals surface area contributed by atoms with Gasteiger partial charge in [-0.05, 0) is 43.1 Å². The molecule has 1 aliphatic heterocycles. The lowest BCUT2D eigenvalue weighted by Gasteiger charge is -2.29. The van der Waals surface area contributed by atoms with Crippen LogP contribution in [0.5, 0.6) is 0 Å². The van der Waals surface area contributed by atoms with Crippen LogP contribution in [0.15, 0.2) is 35.3 Å². The first-order chi connectivity index (χ1) is 10.7. The lowest BCUT2D eigenvalue weighted by Crippen LogP contribution is -2.40. The van der Waals surface area contributed by atoms with Gasteiger partial charge in [0, 0.05) is 19.0 Å². The van der Waals surface area contributed by atoms with E-state index in [1.807, 2.05) is 18.2 Å². The minimum absolute atomic E-state index is 0.484. The predicted octanol–water partition coefficient (Wildman–Crippen LogP) is 3.25. The fourth-order valence-electron chi connectivity index (χ4n) is 3.21. The Kier molecular flexibility index (Phi) is 4.93. The van der Waals surface area contributed by atoms with E-state index in [0.717, 1.165) is 24.5 Å². The molecule has 5 heteroatoms. The zero-order valence-corrected chi connectivity index (χ0v) is 13.9. The maximum atomic E-state index is 5.42. The van der Waals surface area contributed by atoms with Crippen molar-refractivity contribution in [1.29, 1.82) is 0 Å². The van der Waals surface area contributed by atoms with Gasteiger partial charge in [-0.2, -0.15) is 0 Å². The Morgan fingerprint density at radius 1 is 1.27 bits per heavy atom. The first kappa shape index (κ1) is 15.3. The number of amidine groups is 1. The highest BCUT2D eigenvalue weighted by atomic mass is 32.1. The van der Waals surface area contributed by atoms with Gasteiger partial charge in [0.05, 0.1) is 5.69 Å². The maximum absolute atomic E-state index is 5.42. The van der Waals surface area contributed by atoms with Crippen LogP contribution in [0.2, 0.25) is 0 Å². The average Bonchev–Trinajstić information content (AvgIpc) is 2.99. The molecule has 0 amide bonds. The Labute approximate surface area is 138 Å². The standard InChI is InChI=1S/C17H24N4S/c1-13-7-5-6-10-15(13)18-17(22)19-16-11-12-21(20-16)14-8-3-2-4-9-14/h2-4,8-9,13,15H,5-7,10-12H2,1H3,(H2,18,19,20,22)/t13-,15-/m1/s1. The number of rotatable bonds is 2. The first-order valence-electron chi connectivity index (χ1n) is 8.19. The van der Waals surface area contributed by atoms with Crippen LogP contribution in [0, 0.1) is 5.92 Å². The molecule has 1 aliphatic carbocycles. The summed E-state index contributed by atoms with van der Waals surface area (Å²) >= 11 is 5.42. The van der Waals surface area contributed by atoms with Gasteiger partial charge in [-0.25, -0.2) is 4.99 Å². The molecular formula is C17H24N4S. The molecule has 1 saturated carbocycles. The molecule has 3 rings (SSSR count). The lowest BCUT2D eigenvalue weighted by molar-refractivity contribution is 0.309. The van der Waals surface area contributed by atoms with E-state index in [9.17, 15) is 0 Å². The average molecular weight is 316 g/mol. The van der Waals surface area contributed by atoms with Gasteiger partial charge in [0.15, 0.2) is 5.11 Å². The van der Waals surface area contributed by atoms with Gasteiger partial charge >= 0.3 is 0 Å². The second kappa shape index (κ2) is 7.09. The highest BCUT2D eigenvalue weighted by molar-refractivity contribution is 7.80. The number of nitrogens with one attached hydrogen (secondary N) is 2. The van der Waals surface area contributed by atoms with Crippen LogP contribution >= 0.6 is 12.2 Å². The normalized spacial score (nSPS) is 26.8. The topological polar surface area (TPSA) is 39.7 Å². The predicted molar refractivity (Wildman–Crippen MR) is 96.1 cm³/mol. The molecule has 0 spiro atoms. The Morgan fingerprint density at radius 2 is 2.05 bits per heavy atom. The molecule has 0 bridgehead atoms. The van der Waals surface area contributed by atoms with Gasteiger partial charge in [0.1, 0.15) is 5.84 Å². The Balaban J connectivity index is 1.55. The van der Waals surface area contributed by atoms with Crippen LogP contribution in [0.1, 0.15) is 39.0 Å². The van der Waals surface area contributed by atoms with Gasteiger partial charge in [0.25, 0.3) is 0 Å². The highest BCUT2D eigenvalue weighted by Crippen LogP contribution is 2.23. The zero-order valence-electron chi connectivity index (χ0n) is 13.1. The molecule has 118 valence electrons. The number of hydrazine groups is 1. The maximum Gasteiger partial charge on any atom is 0.194 e. The second-order valence-corrected chi connectivity index (χ2v) is 6.61. The lowest BCUT2D eigenvalue weighted by atomic mass is 9.86. The summed E-state index contributed by atoms with van der Waals surface area (Å²) in [5.41, 5.74) is 4.50. The van der Waals surface area contributed by atoms with E-state index in [-0.39, 0.29) is 0 Å². The minimum Gasteiger partial charge on any atom is -0.358 e. The van der Waals surface area contributed by atoms with Gasteiger partial charge < -0.3 is 5.32 Å².